The van der Waals surface area contributed by atoms with Gasteiger partial charge in [-0.3, -0.25) is 9.59 Å². The molecule has 0 fully saturated rings. The van der Waals surface area contributed by atoms with Gasteiger partial charge in [-0.2, -0.15) is 0 Å². The molecule has 0 saturated carbocycles. The van der Waals surface area contributed by atoms with Gasteiger partial charge in [-0.05, 0) is 18.6 Å². The first-order valence-electron chi connectivity index (χ1n) is 7.37. The summed E-state index contributed by atoms with van der Waals surface area (Å²) < 4.78 is 5.21. The fourth-order valence-electron chi connectivity index (χ4n) is 2.19. The Hall–Kier alpha value is -2.82. The third-order valence-corrected chi connectivity index (χ3v) is 3.49. The third kappa shape index (κ3) is 4.57. The lowest BCUT2D eigenvalue weighted by atomic mass is 10.1. The van der Waals surface area contributed by atoms with Crippen molar-refractivity contribution in [2.75, 3.05) is 7.11 Å². The van der Waals surface area contributed by atoms with Gasteiger partial charge < -0.3 is 15.4 Å². The molecule has 0 bridgehead atoms. The van der Waals surface area contributed by atoms with Crippen LogP contribution in [0.25, 0.3) is 0 Å². The molecular weight excluding hydrogens is 292 g/mol. The molecule has 23 heavy (non-hydrogen) atoms. The third-order valence-electron chi connectivity index (χ3n) is 3.49. The van der Waals surface area contributed by atoms with Gasteiger partial charge in [0.2, 0.25) is 0 Å². The van der Waals surface area contributed by atoms with Crippen molar-refractivity contribution in [1.82, 2.24) is 10.6 Å². The van der Waals surface area contributed by atoms with Crippen molar-refractivity contribution in [3.05, 3.63) is 65.7 Å². The average molecular weight is 312 g/mol. The normalized spacial score (nSPS) is 11.4. The van der Waals surface area contributed by atoms with Crippen LogP contribution in [0.5, 0.6) is 5.75 Å². The number of methoxy groups -OCH3 is 1. The van der Waals surface area contributed by atoms with Gasteiger partial charge in [0.15, 0.2) is 0 Å². The number of ether oxygens (including phenoxy) is 1. The van der Waals surface area contributed by atoms with E-state index < -0.39 is 11.8 Å². The van der Waals surface area contributed by atoms with E-state index in [-0.39, 0.29) is 12.6 Å². The highest BCUT2D eigenvalue weighted by Crippen LogP contribution is 2.16. The first-order valence-corrected chi connectivity index (χ1v) is 7.37. The zero-order valence-corrected chi connectivity index (χ0v) is 13.2. The summed E-state index contributed by atoms with van der Waals surface area (Å²) in [6.07, 6.45) is 0. The second kappa shape index (κ2) is 7.98. The fourth-order valence-corrected chi connectivity index (χ4v) is 2.19. The molecule has 0 aliphatic heterocycles. The predicted octanol–water partition coefficient (Wildman–Crippen LogP) is 2.19. The lowest BCUT2D eigenvalue weighted by Crippen LogP contribution is -2.40. The van der Waals surface area contributed by atoms with Crippen molar-refractivity contribution < 1.29 is 14.3 Å². The molecule has 0 saturated heterocycles. The summed E-state index contributed by atoms with van der Waals surface area (Å²) in [5.41, 5.74) is 1.76. The van der Waals surface area contributed by atoms with Crippen LogP contribution in [0.4, 0.5) is 0 Å². The molecule has 0 spiro atoms. The monoisotopic (exact) mass is 312 g/mol. The molecule has 5 heteroatoms. The Balaban J connectivity index is 1.89. The van der Waals surface area contributed by atoms with Crippen LogP contribution in [0.1, 0.15) is 24.1 Å². The van der Waals surface area contributed by atoms with E-state index in [0.717, 1.165) is 11.1 Å². The quantitative estimate of drug-likeness (QED) is 0.832. The SMILES string of the molecule is COc1ccccc1CNC(=O)C(=O)N[C@@H](C)c1ccccc1. The number of hydrogen-bond acceptors (Lipinski definition) is 3. The minimum atomic E-state index is -0.668. The highest BCUT2D eigenvalue weighted by Gasteiger charge is 2.17. The van der Waals surface area contributed by atoms with Crippen LogP contribution < -0.4 is 15.4 Å². The van der Waals surface area contributed by atoms with Crippen LogP contribution in [0.3, 0.4) is 0 Å². The van der Waals surface area contributed by atoms with E-state index in [0.29, 0.717) is 5.75 Å². The Kier molecular flexibility index (Phi) is 5.74. The molecule has 2 aromatic carbocycles. The summed E-state index contributed by atoms with van der Waals surface area (Å²) >= 11 is 0. The molecule has 1 atom stereocenters. The summed E-state index contributed by atoms with van der Waals surface area (Å²) in [5, 5.41) is 5.28. The topological polar surface area (TPSA) is 67.4 Å². The largest absolute Gasteiger partial charge is 0.496 e. The molecule has 2 amide bonds. The van der Waals surface area contributed by atoms with Crippen molar-refractivity contribution in [2.45, 2.75) is 19.5 Å². The highest BCUT2D eigenvalue weighted by atomic mass is 16.5. The minimum absolute atomic E-state index is 0.232. The van der Waals surface area contributed by atoms with Crippen LogP contribution in [0.2, 0.25) is 0 Å². The van der Waals surface area contributed by atoms with Gasteiger partial charge in [-0.25, -0.2) is 0 Å². The molecule has 2 rings (SSSR count). The van der Waals surface area contributed by atoms with Gasteiger partial charge in [0.05, 0.1) is 13.2 Å². The van der Waals surface area contributed by atoms with Crippen molar-refractivity contribution >= 4 is 11.8 Å². The Morgan fingerprint density at radius 2 is 1.65 bits per heavy atom. The van der Waals surface area contributed by atoms with Gasteiger partial charge in [0.1, 0.15) is 5.75 Å². The standard InChI is InChI=1S/C18H20N2O3/c1-13(14-8-4-3-5-9-14)20-18(22)17(21)19-12-15-10-6-7-11-16(15)23-2/h3-11,13H,12H2,1-2H3,(H,19,21)(H,20,22)/t13-/m0/s1. The Bertz CT molecular complexity index is 671. The van der Waals surface area contributed by atoms with E-state index in [2.05, 4.69) is 10.6 Å². The minimum Gasteiger partial charge on any atom is -0.496 e. The van der Waals surface area contributed by atoms with Crippen molar-refractivity contribution in [2.24, 2.45) is 0 Å². The Morgan fingerprint density at radius 1 is 1.00 bits per heavy atom. The molecule has 0 aromatic heterocycles. The zero-order chi connectivity index (χ0) is 16.7. The number of amides is 2. The van der Waals surface area contributed by atoms with E-state index in [9.17, 15) is 9.59 Å². The number of nitrogens with one attached hydrogen (secondary N) is 2. The molecule has 0 heterocycles. The second-order valence-electron chi connectivity index (χ2n) is 5.10. The summed E-state index contributed by atoms with van der Waals surface area (Å²) in [6, 6.07) is 16.6. The summed E-state index contributed by atoms with van der Waals surface area (Å²) in [6.45, 7) is 2.07. The maximum Gasteiger partial charge on any atom is 0.309 e. The first-order chi connectivity index (χ1) is 11.1. The Labute approximate surface area is 135 Å². The van der Waals surface area contributed by atoms with Gasteiger partial charge in [0.25, 0.3) is 0 Å². The van der Waals surface area contributed by atoms with Gasteiger partial charge in [0, 0.05) is 12.1 Å². The molecule has 120 valence electrons. The number of hydrogen-bond donors (Lipinski definition) is 2. The summed E-state index contributed by atoms with van der Waals surface area (Å²) in [7, 11) is 1.56. The van der Waals surface area contributed by atoms with Crippen molar-refractivity contribution in [1.29, 1.82) is 0 Å². The number of para-hydroxylation sites is 1. The molecule has 0 aliphatic carbocycles. The van der Waals surface area contributed by atoms with Crippen LogP contribution in [-0.4, -0.2) is 18.9 Å². The van der Waals surface area contributed by atoms with E-state index in [1.807, 2.05) is 55.5 Å². The Morgan fingerprint density at radius 3 is 2.35 bits per heavy atom. The summed E-state index contributed by atoms with van der Waals surface area (Å²) in [4.78, 5) is 23.9. The molecular formula is C18H20N2O3. The summed E-state index contributed by atoms with van der Waals surface area (Å²) in [5.74, 6) is -0.652. The molecule has 0 aliphatic rings. The maximum atomic E-state index is 11.9. The van der Waals surface area contributed by atoms with E-state index in [1.165, 1.54) is 0 Å². The number of carbonyl (C=O) groups is 2. The van der Waals surface area contributed by atoms with Gasteiger partial charge in [-0.15, -0.1) is 0 Å². The van der Waals surface area contributed by atoms with Crippen molar-refractivity contribution in [3.63, 3.8) is 0 Å². The molecule has 0 unspecified atom stereocenters. The van der Waals surface area contributed by atoms with Crippen LogP contribution in [-0.2, 0) is 16.1 Å². The van der Waals surface area contributed by atoms with E-state index in [1.54, 1.807) is 13.2 Å². The highest BCUT2D eigenvalue weighted by molar-refractivity contribution is 6.35. The van der Waals surface area contributed by atoms with E-state index >= 15 is 0 Å². The van der Waals surface area contributed by atoms with Crippen LogP contribution in [0.15, 0.2) is 54.6 Å². The maximum absolute atomic E-state index is 11.9. The first kappa shape index (κ1) is 16.5. The molecule has 0 radical (unpaired) electrons. The number of benzene rings is 2. The molecule has 2 aromatic rings. The average Bonchev–Trinajstić information content (AvgIpc) is 2.60. The van der Waals surface area contributed by atoms with Crippen LogP contribution in [0, 0.1) is 0 Å². The van der Waals surface area contributed by atoms with Crippen LogP contribution >= 0.6 is 0 Å². The molecule has 5 nitrogen and oxygen atoms in total. The molecule has 2 N–H and O–H groups in total. The lowest BCUT2D eigenvalue weighted by Gasteiger charge is -2.14. The zero-order valence-electron chi connectivity index (χ0n) is 13.2. The fraction of sp³-hybridized carbons (Fsp3) is 0.222. The van der Waals surface area contributed by atoms with Gasteiger partial charge in [-0.1, -0.05) is 48.5 Å². The number of rotatable bonds is 5. The van der Waals surface area contributed by atoms with E-state index in [4.69, 9.17) is 4.74 Å². The predicted molar refractivity (Wildman–Crippen MR) is 87.8 cm³/mol. The second-order valence-corrected chi connectivity index (χ2v) is 5.10. The lowest BCUT2D eigenvalue weighted by molar-refractivity contribution is -0.139. The van der Waals surface area contributed by atoms with Gasteiger partial charge >= 0.3 is 11.8 Å². The smallest absolute Gasteiger partial charge is 0.309 e. The van der Waals surface area contributed by atoms with Crippen molar-refractivity contribution in [3.8, 4) is 5.75 Å². The number of carbonyl (C=O) groups excluding carboxylic acids is 2.